The first-order chi connectivity index (χ1) is 10.1. The van der Waals surface area contributed by atoms with E-state index in [-0.39, 0.29) is 17.3 Å². The van der Waals surface area contributed by atoms with Gasteiger partial charge in [0.25, 0.3) is 0 Å². The minimum absolute atomic E-state index is 0.158. The van der Waals surface area contributed by atoms with E-state index >= 15 is 0 Å². The van der Waals surface area contributed by atoms with Crippen LogP contribution in [0.2, 0.25) is 0 Å². The topological polar surface area (TPSA) is 78.9 Å². The van der Waals surface area contributed by atoms with Gasteiger partial charge in [-0.15, -0.1) is 0 Å². The molecule has 7 heteroatoms. The van der Waals surface area contributed by atoms with Gasteiger partial charge < -0.3 is 0 Å². The Morgan fingerprint density at radius 1 is 0.591 bits per heavy atom. The van der Waals surface area contributed by atoms with Crippen molar-refractivity contribution in [3.05, 3.63) is 35.5 Å². The molecule has 0 atom stereocenters. The van der Waals surface area contributed by atoms with Gasteiger partial charge in [-0.25, -0.2) is 0 Å². The summed E-state index contributed by atoms with van der Waals surface area (Å²) < 4.78 is 16.7. The molecule has 0 aromatic heterocycles. The zero-order valence-corrected chi connectivity index (χ0v) is 17.1. The van der Waals surface area contributed by atoms with E-state index in [4.69, 9.17) is 8.56 Å². The summed E-state index contributed by atoms with van der Waals surface area (Å²) in [7, 11) is 0. The Bertz CT molecular complexity index is 454. The molecular formula is C15H21InO6. The molecule has 0 aromatic carbocycles. The molecule has 0 unspecified atom stereocenters. The molecule has 6 nitrogen and oxygen atoms in total. The average Bonchev–Trinajstić information content (AvgIpc) is 2.23. The summed E-state index contributed by atoms with van der Waals surface area (Å²) in [6, 6.07) is 0. The Morgan fingerprint density at radius 3 is 1.00 bits per heavy atom. The molecule has 0 rings (SSSR count). The molecule has 0 spiro atoms. The van der Waals surface area contributed by atoms with Crippen LogP contribution < -0.4 is 0 Å². The first kappa shape index (κ1) is 20.5. The van der Waals surface area contributed by atoms with Crippen LogP contribution >= 0.6 is 0 Å². The van der Waals surface area contributed by atoms with Crippen molar-refractivity contribution in [1.29, 1.82) is 0 Å². The summed E-state index contributed by atoms with van der Waals surface area (Å²) in [6.45, 7) is 9.06. The molecule has 0 aliphatic carbocycles. The Balaban J connectivity index is 5.10. The summed E-state index contributed by atoms with van der Waals surface area (Å²) >= 11 is -3.53. The van der Waals surface area contributed by atoms with Crippen molar-refractivity contribution in [3.63, 3.8) is 0 Å². The van der Waals surface area contributed by atoms with E-state index in [0.29, 0.717) is 17.3 Å². The fourth-order valence-electron chi connectivity index (χ4n) is 1.49. The van der Waals surface area contributed by atoms with Crippen molar-refractivity contribution in [3.8, 4) is 0 Å². The molecule has 0 heterocycles. The van der Waals surface area contributed by atoms with Gasteiger partial charge in [0, 0.05) is 0 Å². The number of allylic oxidation sites excluding steroid dienone is 6. The number of hydrogen-bond donors (Lipinski definition) is 0. The van der Waals surface area contributed by atoms with Gasteiger partial charge in [0.05, 0.1) is 0 Å². The average molecular weight is 412 g/mol. The molecule has 0 radical (unpaired) electrons. The molecule has 0 amide bonds. The zero-order chi connectivity index (χ0) is 17.3. The molecular weight excluding hydrogens is 391 g/mol. The summed E-state index contributed by atoms with van der Waals surface area (Å²) in [5.41, 5.74) is 0. The summed E-state index contributed by atoms with van der Waals surface area (Å²) in [6.07, 6.45) is 3.97. The van der Waals surface area contributed by atoms with Crippen LogP contribution in [0.3, 0.4) is 0 Å². The van der Waals surface area contributed by atoms with E-state index in [1.807, 2.05) is 0 Å². The second-order valence-corrected chi connectivity index (χ2v) is 8.41. The quantitative estimate of drug-likeness (QED) is 0.428. The van der Waals surface area contributed by atoms with Crippen molar-refractivity contribution in [2.24, 2.45) is 0 Å². The van der Waals surface area contributed by atoms with Crippen molar-refractivity contribution >= 4 is 40.1 Å². The molecule has 0 aliphatic rings. The molecule has 22 heavy (non-hydrogen) atoms. The van der Waals surface area contributed by atoms with Crippen LogP contribution in [0.15, 0.2) is 35.5 Å². The zero-order valence-electron chi connectivity index (χ0n) is 13.8. The van der Waals surface area contributed by atoms with Crippen LogP contribution in [0.1, 0.15) is 41.5 Å². The summed E-state index contributed by atoms with van der Waals surface area (Å²) in [4.78, 5) is 33.1. The molecule has 0 fully saturated rings. The van der Waals surface area contributed by atoms with Gasteiger partial charge in [0.1, 0.15) is 0 Å². The molecule has 0 aliphatic heterocycles. The van der Waals surface area contributed by atoms with Crippen LogP contribution in [-0.4, -0.2) is 40.1 Å². The maximum absolute atomic E-state index is 11.0. The number of ketones is 3. The summed E-state index contributed by atoms with van der Waals surface area (Å²) in [5.74, 6) is 0.650. The Kier molecular flexibility index (Phi) is 9.56. The standard InChI is InChI=1S/3C5H8O2.In/c3*1-4(6)3-5(2)7;/h3*3,6H,1-2H3;/q;;;+3/p-3/b4-3+;2*4-3-;. The second-order valence-electron chi connectivity index (χ2n) is 4.74. The number of carbonyl (C=O) groups excluding carboxylic acids is 3. The molecule has 0 bridgehead atoms. The Morgan fingerprint density at radius 2 is 0.818 bits per heavy atom. The third-order valence-corrected chi connectivity index (χ3v) is 6.90. The van der Waals surface area contributed by atoms with E-state index in [1.165, 1.54) is 39.0 Å². The van der Waals surface area contributed by atoms with Crippen LogP contribution in [0, 0.1) is 0 Å². The number of hydrogen-bond acceptors (Lipinski definition) is 6. The minimum atomic E-state index is -3.53. The van der Waals surface area contributed by atoms with Crippen molar-refractivity contribution in [2.75, 3.05) is 0 Å². The van der Waals surface area contributed by atoms with Crippen molar-refractivity contribution in [2.45, 2.75) is 41.5 Å². The van der Waals surface area contributed by atoms with Crippen molar-refractivity contribution < 1.29 is 22.9 Å². The predicted molar refractivity (Wildman–Crippen MR) is 82.3 cm³/mol. The monoisotopic (exact) mass is 412 g/mol. The third-order valence-electron chi connectivity index (χ3n) is 2.07. The first-order valence-corrected chi connectivity index (χ1v) is 10.7. The normalized spacial score (nSPS) is 12.5. The van der Waals surface area contributed by atoms with E-state index in [2.05, 4.69) is 0 Å². The third kappa shape index (κ3) is 11.2. The summed E-state index contributed by atoms with van der Waals surface area (Å²) in [5, 5.41) is 0. The van der Waals surface area contributed by atoms with Gasteiger partial charge in [-0.3, -0.25) is 0 Å². The van der Waals surface area contributed by atoms with Gasteiger partial charge >= 0.3 is 140 Å². The maximum atomic E-state index is 11.0. The molecule has 0 N–H and O–H groups in total. The van der Waals surface area contributed by atoms with Gasteiger partial charge in [-0.2, -0.15) is 0 Å². The first-order valence-electron chi connectivity index (χ1n) is 6.66. The fraction of sp³-hybridized carbons (Fsp3) is 0.400. The van der Waals surface area contributed by atoms with Crippen LogP contribution in [0.25, 0.3) is 0 Å². The van der Waals surface area contributed by atoms with Gasteiger partial charge in [-0.1, -0.05) is 0 Å². The Hall–Kier alpha value is -1.50. The van der Waals surface area contributed by atoms with Gasteiger partial charge in [0.2, 0.25) is 0 Å². The molecule has 0 aromatic rings. The van der Waals surface area contributed by atoms with E-state index in [9.17, 15) is 14.4 Å². The van der Waals surface area contributed by atoms with E-state index in [1.54, 1.807) is 20.8 Å². The van der Waals surface area contributed by atoms with Crippen molar-refractivity contribution in [1.82, 2.24) is 0 Å². The van der Waals surface area contributed by atoms with Crippen LogP contribution in [0.4, 0.5) is 0 Å². The van der Waals surface area contributed by atoms with E-state index < -0.39 is 22.7 Å². The van der Waals surface area contributed by atoms with Gasteiger partial charge in [0.15, 0.2) is 0 Å². The SMILES string of the molecule is CC(=O)/C=C(/C)[O][In]([O]/C(C)=C\C(C)=O)[O]/C(C)=C/C(C)=O. The van der Waals surface area contributed by atoms with Crippen LogP contribution in [0.5, 0.6) is 0 Å². The molecule has 0 saturated heterocycles. The predicted octanol–water partition coefficient (Wildman–Crippen LogP) is 2.50. The Labute approximate surface area is 140 Å². The second kappa shape index (κ2) is 10.3. The number of carbonyl (C=O) groups is 3. The fourth-order valence-corrected chi connectivity index (χ4v) is 5.08. The molecule has 120 valence electrons. The number of rotatable bonds is 9. The van der Waals surface area contributed by atoms with Crippen LogP contribution in [-0.2, 0) is 22.9 Å². The molecule has 0 saturated carbocycles. The van der Waals surface area contributed by atoms with Gasteiger partial charge in [-0.05, 0) is 0 Å². The van der Waals surface area contributed by atoms with E-state index in [0.717, 1.165) is 0 Å².